The Bertz CT molecular complexity index is 552. The molecule has 0 bridgehead atoms. The summed E-state index contributed by atoms with van der Waals surface area (Å²) in [4.78, 5) is 0. The van der Waals surface area contributed by atoms with Gasteiger partial charge in [0.15, 0.2) is 11.6 Å². The predicted molar refractivity (Wildman–Crippen MR) is 67.4 cm³/mol. The molecular formula is C14H13F2NO. The van der Waals surface area contributed by atoms with Gasteiger partial charge in [-0.05, 0) is 36.8 Å². The third-order valence-corrected chi connectivity index (χ3v) is 2.57. The Morgan fingerprint density at radius 2 is 1.67 bits per heavy atom. The average molecular weight is 249 g/mol. The van der Waals surface area contributed by atoms with Crippen molar-refractivity contribution in [3.05, 3.63) is 48.0 Å². The van der Waals surface area contributed by atoms with Crippen LogP contribution in [0.2, 0.25) is 0 Å². The zero-order valence-corrected chi connectivity index (χ0v) is 9.91. The molecule has 0 saturated heterocycles. The van der Waals surface area contributed by atoms with Gasteiger partial charge in [0, 0.05) is 11.3 Å². The predicted octanol–water partition coefficient (Wildman–Crippen LogP) is 3.61. The van der Waals surface area contributed by atoms with Gasteiger partial charge >= 0.3 is 0 Å². The fourth-order valence-corrected chi connectivity index (χ4v) is 1.68. The molecule has 0 aromatic heterocycles. The van der Waals surface area contributed by atoms with Crippen LogP contribution in [0.4, 0.5) is 14.5 Å². The maximum atomic E-state index is 13.9. The Hall–Kier alpha value is -2.10. The van der Waals surface area contributed by atoms with Gasteiger partial charge in [-0.1, -0.05) is 12.1 Å². The van der Waals surface area contributed by atoms with E-state index in [2.05, 4.69) is 0 Å². The lowest BCUT2D eigenvalue weighted by molar-refractivity contribution is 0.314. The first-order valence-electron chi connectivity index (χ1n) is 5.60. The number of ether oxygens (including phenoxy) is 1. The number of halogens is 2. The molecule has 94 valence electrons. The molecule has 2 N–H and O–H groups in total. The Balaban J connectivity index is 2.46. The number of anilines is 1. The van der Waals surface area contributed by atoms with Gasteiger partial charge in [-0.15, -0.1) is 0 Å². The van der Waals surface area contributed by atoms with E-state index < -0.39 is 11.6 Å². The van der Waals surface area contributed by atoms with Crippen LogP contribution in [0.3, 0.4) is 0 Å². The normalized spacial score (nSPS) is 10.4. The third-order valence-electron chi connectivity index (χ3n) is 2.57. The van der Waals surface area contributed by atoms with Crippen LogP contribution in [-0.4, -0.2) is 6.61 Å². The van der Waals surface area contributed by atoms with E-state index in [-0.39, 0.29) is 17.9 Å². The molecule has 0 fully saturated rings. The Kier molecular flexibility index (Phi) is 3.46. The van der Waals surface area contributed by atoms with Gasteiger partial charge < -0.3 is 10.5 Å². The van der Waals surface area contributed by atoms with E-state index in [1.165, 1.54) is 12.1 Å². The van der Waals surface area contributed by atoms with Crippen LogP contribution in [-0.2, 0) is 0 Å². The molecule has 0 atom stereocenters. The molecule has 2 aromatic rings. The third kappa shape index (κ3) is 2.27. The number of hydrogen-bond acceptors (Lipinski definition) is 2. The van der Waals surface area contributed by atoms with Crippen LogP contribution >= 0.6 is 0 Å². The maximum Gasteiger partial charge on any atom is 0.201 e. The summed E-state index contributed by atoms with van der Waals surface area (Å²) in [6.45, 7) is 2.00. The minimum atomic E-state index is -0.967. The lowest BCUT2D eigenvalue weighted by Gasteiger charge is -2.09. The molecule has 0 unspecified atom stereocenters. The highest BCUT2D eigenvalue weighted by atomic mass is 19.2. The second-order valence-electron chi connectivity index (χ2n) is 3.79. The van der Waals surface area contributed by atoms with Gasteiger partial charge in [0.2, 0.25) is 5.82 Å². The molecule has 2 rings (SSSR count). The number of benzene rings is 2. The highest BCUT2D eigenvalue weighted by Crippen LogP contribution is 2.30. The molecule has 2 aromatic carbocycles. The van der Waals surface area contributed by atoms with Crippen LogP contribution < -0.4 is 10.5 Å². The van der Waals surface area contributed by atoms with Crippen molar-refractivity contribution < 1.29 is 13.5 Å². The second kappa shape index (κ2) is 5.04. The molecule has 0 aliphatic rings. The Labute approximate surface area is 104 Å². The fourth-order valence-electron chi connectivity index (χ4n) is 1.68. The van der Waals surface area contributed by atoms with Gasteiger partial charge in [-0.3, -0.25) is 0 Å². The molecule has 0 aliphatic heterocycles. The zero-order chi connectivity index (χ0) is 13.1. The molecule has 0 saturated carbocycles. The minimum Gasteiger partial charge on any atom is -0.491 e. The van der Waals surface area contributed by atoms with Crippen molar-refractivity contribution in [1.82, 2.24) is 0 Å². The maximum absolute atomic E-state index is 13.9. The van der Waals surface area contributed by atoms with Crippen LogP contribution in [0, 0.1) is 11.6 Å². The van der Waals surface area contributed by atoms with Crippen molar-refractivity contribution in [2.75, 3.05) is 12.3 Å². The van der Waals surface area contributed by atoms with E-state index in [1.807, 2.05) is 0 Å². The number of hydrogen-bond donors (Lipinski definition) is 1. The van der Waals surface area contributed by atoms with Crippen molar-refractivity contribution >= 4 is 5.69 Å². The average Bonchev–Trinajstić information content (AvgIpc) is 2.37. The first-order valence-corrected chi connectivity index (χ1v) is 5.60. The van der Waals surface area contributed by atoms with Crippen molar-refractivity contribution in [1.29, 1.82) is 0 Å². The van der Waals surface area contributed by atoms with E-state index in [0.29, 0.717) is 11.3 Å². The van der Waals surface area contributed by atoms with Crippen molar-refractivity contribution in [2.24, 2.45) is 0 Å². The molecule has 0 amide bonds. The van der Waals surface area contributed by atoms with Crippen LogP contribution in [0.15, 0.2) is 36.4 Å². The number of rotatable bonds is 3. The van der Waals surface area contributed by atoms with Gasteiger partial charge in [0.25, 0.3) is 0 Å². The molecule has 0 radical (unpaired) electrons. The van der Waals surface area contributed by atoms with Gasteiger partial charge in [0.1, 0.15) is 0 Å². The molecule has 0 heterocycles. The van der Waals surface area contributed by atoms with Crippen molar-refractivity contribution in [3.63, 3.8) is 0 Å². The first-order chi connectivity index (χ1) is 8.63. The largest absolute Gasteiger partial charge is 0.491 e. The van der Waals surface area contributed by atoms with E-state index >= 15 is 0 Å². The van der Waals surface area contributed by atoms with Crippen LogP contribution in [0.1, 0.15) is 6.92 Å². The molecular weight excluding hydrogens is 236 g/mol. The molecule has 0 spiro atoms. The SMILES string of the molecule is CCOc1ccc(-c2ccc(N)cc2)c(F)c1F. The topological polar surface area (TPSA) is 35.2 Å². The summed E-state index contributed by atoms with van der Waals surface area (Å²) in [5.74, 6) is -1.95. The smallest absolute Gasteiger partial charge is 0.201 e. The Morgan fingerprint density at radius 3 is 2.28 bits per heavy atom. The number of nitrogen functional groups attached to an aromatic ring is 1. The summed E-state index contributed by atoms with van der Waals surface area (Å²) >= 11 is 0. The lowest BCUT2D eigenvalue weighted by atomic mass is 10.0. The fraction of sp³-hybridized carbons (Fsp3) is 0.143. The number of nitrogens with two attached hydrogens (primary N) is 1. The second-order valence-corrected chi connectivity index (χ2v) is 3.79. The molecule has 18 heavy (non-hydrogen) atoms. The van der Waals surface area contributed by atoms with Gasteiger partial charge in [0.05, 0.1) is 6.61 Å². The summed E-state index contributed by atoms with van der Waals surface area (Å²) in [7, 11) is 0. The summed E-state index contributed by atoms with van der Waals surface area (Å²) < 4.78 is 32.6. The zero-order valence-electron chi connectivity index (χ0n) is 9.91. The first kappa shape index (κ1) is 12.4. The lowest BCUT2D eigenvalue weighted by Crippen LogP contribution is -1.98. The molecule has 2 nitrogen and oxygen atoms in total. The van der Waals surface area contributed by atoms with Gasteiger partial charge in [-0.25, -0.2) is 4.39 Å². The molecule has 4 heteroatoms. The summed E-state index contributed by atoms with van der Waals surface area (Å²) in [5, 5.41) is 0. The van der Waals surface area contributed by atoms with Crippen molar-refractivity contribution in [2.45, 2.75) is 6.92 Å². The van der Waals surface area contributed by atoms with E-state index in [1.54, 1.807) is 31.2 Å². The van der Waals surface area contributed by atoms with E-state index in [0.717, 1.165) is 0 Å². The van der Waals surface area contributed by atoms with E-state index in [9.17, 15) is 8.78 Å². The molecule has 0 aliphatic carbocycles. The minimum absolute atomic E-state index is 0.0748. The van der Waals surface area contributed by atoms with Crippen molar-refractivity contribution in [3.8, 4) is 16.9 Å². The van der Waals surface area contributed by atoms with Crippen LogP contribution in [0.25, 0.3) is 11.1 Å². The Morgan fingerprint density at radius 1 is 1.00 bits per heavy atom. The summed E-state index contributed by atoms with van der Waals surface area (Å²) in [6.07, 6.45) is 0. The quantitative estimate of drug-likeness (QED) is 0.843. The van der Waals surface area contributed by atoms with Crippen LogP contribution in [0.5, 0.6) is 5.75 Å². The highest BCUT2D eigenvalue weighted by molar-refractivity contribution is 5.67. The monoisotopic (exact) mass is 249 g/mol. The highest BCUT2D eigenvalue weighted by Gasteiger charge is 2.15. The standard InChI is InChI=1S/C14H13F2NO/c1-2-18-12-8-7-11(13(15)14(12)16)9-3-5-10(17)6-4-9/h3-8H,2,17H2,1H3. The summed E-state index contributed by atoms with van der Waals surface area (Å²) in [5.41, 5.74) is 6.89. The summed E-state index contributed by atoms with van der Waals surface area (Å²) in [6, 6.07) is 9.50. The van der Waals surface area contributed by atoms with Gasteiger partial charge in [-0.2, -0.15) is 4.39 Å². The van der Waals surface area contributed by atoms with E-state index in [4.69, 9.17) is 10.5 Å².